The van der Waals surface area contributed by atoms with Crippen LogP contribution >= 0.6 is 22.9 Å². The Hall–Kier alpha value is -0.930. The number of hydrogen-bond acceptors (Lipinski definition) is 3. The fourth-order valence-corrected chi connectivity index (χ4v) is 2.62. The summed E-state index contributed by atoms with van der Waals surface area (Å²) in [5.74, 6) is 0.808. The van der Waals surface area contributed by atoms with E-state index < -0.39 is 0 Å². The number of rotatable bonds is 2. The lowest BCUT2D eigenvalue weighted by Crippen LogP contribution is -1.91. The first kappa shape index (κ1) is 9.62. The number of anilines is 1. The fraction of sp³-hybridized carbons (Fsp3) is 0.200. The van der Waals surface area contributed by atoms with Gasteiger partial charge in [0.1, 0.15) is 10.8 Å². The molecule has 0 amide bonds. The minimum atomic E-state index is 0.606. The molecule has 0 spiro atoms. The molecule has 0 aliphatic heterocycles. The van der Waals surface area contributed by atoms with Gasteiger partial charge >= 0.3 is 0 Å². The Balaban J connectivity index is 2.71. The van der Waals surface area contributed by atoms with E-state index in [0.29, 0.717) is 16.6 Å². The Morgan fingerprint density at radius 2 is 2.29 bits per heavy atom. The topological polar surface area (TPSA) is 35.2 Å². The zero-order chi connectivity index (χ0) is 10.1. The molecule has 0 saturated carbocycles. The van der Waals surface area contributed by atoms with Crippen LogP contribution in [-0.4, -0.2) is 6.61 Å². The molecular weight excluding hydrogens is 218 g/mol. The minimum Gasteiger partial charge on any atom is -0.493 e. The van der Waals surface area contributed by atoms with Gasteiger partial charge in [0, 0.05) is 4.70 Å². The predicted molar refractivity (Wildman–Crippen MR) is 62.4 cm³/mol. The van der Waals surface area contributed by atoms with E-state index in [-0.39, 0.29) is 0 Å². The van der Waals surface area contributed by atoms with Crippen molar-refractivity contribution in [2.75, 3.05) is 12.3 Å². The Morgan fingerprint density at radius 3 is 3.00 bits per heavy atom. The molecule has 0 atom stereocenters. The van der Waals surface area contributed by atoms with Gasteiger partial charge in [0.2, 0.25) is 0 Å². The van der Waals surface area contributed by atoms with Crippen molar-refractivity contribution < 1.29 is 4.74 Å². The van der Waals surface area contributed by atoms with Gasteiger partial charge in [-0.1, -0.05) is 17.7 Å². The first-order valence-electron chi connectivity index (χ1n) is 4.33. The van der Waals surface area contributed by atoms with E-state index in [9.17, 15) is 0 Å². The van der Waals surface area contributed by atoms with Crippen molar-refractivity contribution in [2.24, 2.45) is 0 Å². The van der Waals surface area contributed by atoms with Gasteiger partial charge in [-0.15, -0.1) is 11.3 Å². The highest BCUT2D eigenvalue weighted by molar-refractivity contribution is 7.23. The van der Waals surface area contributed by atoms with E-state index in [2.05, 4.69) is 0 Å². The van der Waals surface area contributed by atoms with Gasteiger partial charge in [-0.3, -0.25) is 0 Å². The standard InChI is InChI=1S/C10H10ClNOS/c1-2-13-6-4-3-5-7-8(6)9(11)10(12)14-7/h3-5H,2,12H2,1H3. The average Bonchev–Trinajstić information content (AvgIpc) is 2.45. The lowest BCUT2D eigenvalue weighted by atomic mass is 10.2. The van der Waals surface area contributed by atoms with Crippen molar-refractivity contribution in [3.8, 4) is 5.75 Å². The molecular formula is C10H10ClNOS. The van der Waals surface area contributed by atoms with E-state index in [1.165, 1.54) is 11.3 Å². The number of fused-ring (bicyclic) bond motifs is 1. The first-order chi connectivity index (χ1) is 6.74. The van der Waals surface area contributed by atoms with Crippen molar-refractivity contribution in [3.63, 3.8) is 0 Å². The third-order valence-electron chi connectivity index (χ3n) is 1.94. The molecule has 0 aliphatic rings. The molecule has 74 valence electrons. The van der Waals surface area contributed by atoms with Gasteiger partial charge in [-0.05, 0) is 19.1 Å². The molecule has 0 bridgehead atoms. The molecule has 2 rings (SSSR count). The summed E-state index contributed by atoms with van der Waals surface area (Å²) in [7, 11) is 0. The van der Waals surface area contributed by atoms with Crippen LogP contribution in [0, 0.1) is 0 Å². The van der Waals surface area contributed by atoms with E-state index in [1.54, 1.807) is 0 Å². The van der Waals surface area contributed by atoms with Gasteiger partial charge in [-0.2, -0.15) is 0 Å². The third-order valence-corrected chi connectivity index (χ3v) is 3.43. The maximum Gasteiger partial charge on any atom is 0.129 e. The number of benzene rings is 1. The van der Waals surface area contributed by atoms with E-state index in [0.717, 1.165) is 15.8 Å². The SMILES string of the molecule is CCOc1cccc2sc(N)c(Cl)c12. The quantitative estimate of drug-likeness (QED) is 0.852. The fourth-order valence-electron chi connectivity index (χ4n) is 1.37. The van der Waals surface area contributed by atoms with Gasteiger partial charge in [0.15, 0.2) is 0 Å². The third kappa shape index (κ3) is 1.42. The highest BCUT2D eigenvalue weighted by Gasteiger charge is 2.11. The summed E-state index contributed by atoms with van der Waals surface area (Å²) in [4.78, 5) is 0. The summed E-state index contributed by atoms with van der Waals surface area (Å²) in [6.45, 7) is 2.58. The molecule has 2 nitrogen and oxygen atoms in total. The Morgan fingerprint density at radius 1 is 1.50 bits per heavy atom. The maximum absolute atomic E-state index is 6.09. The van der Waals surface area contributed by atoms with Gasteiger partial charge < -0.3 is 10.5 Å². The van der Waals surface area contributed by atoms with Gasteiger partial charge in [0.25, 0.3) is 0 Å². The number of hydrogen-bond donors (Lipinski definition) is 1. The lowest BCUT2D eigenvalue weighted by Gasteiger charge is -2.04. The summed E-state index contributed by atoms with van der Waals surface area (Å²) in [5, 5.41) is 2.18. The lowest BCUT2D eigenvalue weighted by molar-refractivity contribution is 0.344. The predicted octanol–water partition coefficient (Wildman–Crippen LogP) is 3.54. The molecule has 1 heterocycles. The van der Waals surface area contributed by atoms with Gasteiger partial charge in [-0.25, -0.2) is 0 Å². The second kappa shape index (κ2) is 3.67. The van der Waals surface area contributed by atoms with Crippen LogP contribution in [0.4, 0.5) is 5.00 Å². The van der Waals surface area contributed by atoms with Crippen LogP contribution in [0.15, 0.2) is 18.2 Å². The number of ether oxygens (including phenoxy) is 1. The highest BCUT2D eigenvalue weighted by Crippen LogP contribution is 2.42. The Kier molecular flexibility index (Phi) is 2.52. The molecule has 0 saturated heterocycles. The zero-order valence-electron chi connectivity index (χ0n) is 7.71. The van der Waals surface area contributed by atoms with Gasteiger partial charge in [0.05, 0.1) is 17.0 Å². The van der Waals surface area contributed by atoms with Crippen molar-refractivity contribution in [1.82, 2.24) is 0 Å². The van der Waals surface area contributed by atoms with Crippen LogP contribution < -0.4 is 10.5 Å². The number of nitrogens with two attached hydrogens (primary N) is 1. The molecule has 4 heteroatoms. The summed E-state index contributed by atoms with van der Waals surface area (Å²) in [6, 6.07) is 5.84. The first-order valence-corrected chi connectivity index (χ1v) is 5.52. The van der Waals surface area contributed by atoms with E-state index >= 15 is 0 Å². The largest absolute Gasteiger partial charge is 0.493 e. The zero-order valence-corrected chi connectivity index (χ0v) is 9.28. The molecule has 2 N–H and O–H groups in total. The molecule has 0 unspecified atom stereocenters. The van der Waals surface area contributed by atoms with E-state index in [1.807, 2.05) is 25.1 Å². The monoisotopic (exact) mass is 227 g/mol. The Labute approximate surface area is 91.2 Å². The summed E-state index contributed by atoms with van der Waals surface area (Å²) >= 11 is 7.57. The Bertz CT molecular complexity index is 466. The summed E-state index contributed by atoms with van der Waals surface area (Å²) in [5.41, 5.74) is 5.75. The van der Waals surface area contributed by atoms with Crippen molar-refractivity contribution >= 4 is 38.0 Å². The van der Waals surface area contributed by atoms with E-state index in [4.69, 9.17) is 22.1 Å². The number of halogens is 1. The molecule has 0 radical (unpaired) electrons. The second-order valence-electron chi connectivity index (χ2n) is 2.84. The van der Waals surface area contributed by atoms with Crippen molar-refractivity contribution in [1.29, 1.82) is 0 Å². The number of nitrogen functional groups attached to an aromatic ring is 1. The second-order valence-corrected chi connectivity index (χ2v) is 4.30. The summed E-state index contributed by atoms with van der Waals surface area (Å²) < 4.78 is 6.55. The van der Waals surface area contributed by atoms with Crippen LogP contribution in [0.3, 0.4) is 0 Å². The smallest absolute Gasteiger partial charge is 0.129 e. The summed E-state index contributed by atoms with van der Waals surface area (Å²) in [6.07, 6.45) is 0. The van der Waals surface area contributed by atoms with Crippen molar-refractivity contribution in [3.05, 3.63) is 23.2 Å². The number of thiophene rings is 1. The minimum absolute atomic E-state index is 0.606. The molecule has 1 aromatic carbocycles. The molecule has 1 aromatic heterocycles. The van der Waals surface area contributed by atoms with Crippen LogP contribution in [0.2, 0.25) is 5.02 Å². The van der Waals surface area contributed by atoms with Crippen LogP contribution in [0.1, 0.15) is 6.92 Å². The maximum atomic E-state index is 6.09. The van der Waals surface area contributed by atoms with Crippen LogP contribution in [0.25, 0.3) is 10.1 Å². The highest BCUT2D eigenvalue weighted by atomic mass is 35.5. The average molecular weight is 228 g/mol. The van der Waals surface area contributed by atoms with Crippen molar-refractivity contribution in [2.45, 2.75) is 6.92 Å². The van der Waals surface area contributed by atoms with Crippen LogP contribution in [0.5, 0.6) is 5.75 Å². The molecule has 0 fully saturated rings. The normalized spacial score (nSPS) is 10.7. The molecule has 14 heavy (non-hydrogen) atoms. The van der Waals surface area contributed by atoms with Crippen LogP contribution in [-0.2, 0) is 0 Å². The molecule has 0 aliphatic carbocycles. The molecule has 2 aromatic rings.